The Balaban J connectivity index is 0.000000414. The number of fused-ring (bicyclic) bond motifs is 1. The number of nitrogens with one attached hydrogen (secondary N) is 2. The van der Waals surface area contributed by atoms with Gasteiger partial charge >= 0.3 is 0 Å². The number of benzene rings is 2. The number of aryl methyl sites for hydroxylation is 1. The van der Waals surface area contributed by atoms with E-state index < -0.39 is 0 Å². The number of nitrogens with zero attached hydrogens (tertiary/aromatic N) is 1. The Morgan fingerprint density at radius 2 is 1.68 bits per heavy atom. The number of amides is 1. The monoisotopic (exact) mass is 502 g/mol. The molecule has 0 atom stereocenters. The zero-order chi connectivity index (χ0) is 27.5. The second-order valence-electron chi connectivity index (χ2n) is 8.68. The Morgan fingerprint density at radius 1 is 1.03 bits per heavy atom. The van der Waals surface area contributed by atoms with Crippen LogP contribution >= 0.6 is 0 Å². The van der Waals surface area contributed by atoms with Crippen LogP contribution in [0.1, 0.15) is 75.3 Å². The molecule has 0 saturated carbocycles. The third-order valence-corrected chi connectivity index (χ3v) is 6.18. The molecule has 0 spiro atoms. The van der Waals surface area contributed by atoms with E-state index >= 15 is 0 Å². The summed E-state index contributed by atoms with van der Waals surface area (Å²) in [6.07, 6.45) is 3.07. The maximum atomic E-state index is 12.5. The summed E-state index contributed by atoms with van der Waals surface area (Å²) in [4.78, 5) is 30.5. The molecule has 3 aromatic rings. The molecule has 0 radical (unpaired) electrons. The molecule has 0 fully saturated rings. The number of hydrogen-bond donors (Lipinski definition) is 3. The first-order valence-corrected chi connectivity index (χ1v) is 13.2. The number of nitrogens with two attached hydrogens (primary N) is 1. The third-order valence-electron chi connectivity index (χ3n) is 6.18. The Morgan fingerprint density at radius 3 is 2.22 bits per heavy atom. The van der Waals surface area contributed by atoms with Crippen LogP contribution in [0.15, 0.2) is 48.5 Å². The molecule has 0 aliphatic carbocycles. The molecular formula is C31H42N4O2. The van der Waals surface area contributed by atoms with E-state index in [0.717, 1.165) is 33.8 Å². The van der Waals surface area contributed by atoms with Gasteiger partial charge in [-0.15, -0.1) is 0 Å². The highest BCUT2D eigenvalue weighted by Crippen LogP contribution is 2.37. The highest BCUT2D eigenvalue weighted by molar-refractivity contribution is 6.35. The number of H-pyrrole nitrogens is 1. The van der Waals surface area contributed by atoms with E-state index in [1.165, 1.54) is 26.1 Å². The van der Waals surface area contributed by atoms with Crippen molar-refractivity contribution in [3.63, 3.8) is 0 Å². The second-order valence-corrected chi connectivity index (χ2v) is 8.68. The van der Waals surface area contributed by atoms with E-state index in [1.54, 1.807) is 31.2 Å². The smallest absolute Gasteiger partial charge is 0.256 e. The lowest BCUT2D eigenvalue weighted by molar-refractivity contribution is -0.110. The van der Waals surface area contributed by atoms with Gasteiger partial charge in [0.15, 0.2) is 5.78 Å². The van der Waals surface area contributed by atoms with Gasteiger partial charge in [0.05, 0.1) is 5.57 Å². The first kappa shape index (κ1) is 29.6. The van der Waals surface area contributed by atoms with Gasteiger partial charge in [-0.25, -0.2) is 0 Å². The van der Waals surface area contributed by atoms with Crippen molar-refractivity contribution in [3.05, 3.63) is 71.0 Å². The summed E-state index contributed by atoms with van der Waals surface area (Å²) >= 11 is 0. The molecule has 198 valence electrons. The van der Waals surface area contributed by atoms with Crippen LogP contribution in [0, 0.1) is 6.92 Å². The maximum Gasteiger partial charge on any atom is 0.256 e. The largest absolute Gasteiger partial charge is 0.399 e. The fourth-order valence-electron chi connectivity index (χ4n) is 4.45. The molecule has 1 aliphatic heterocycles. The molecule has 0 bridgehead atoms. The van der Waals surface area contributed by atoms with E-state index in [0.29, 0.717) is 16.8 Å². The first-order chi connectivity index (χ1) is 17.8. The lowest BCUT2D eigenvalue weighted by atomic mass is 9.96. The van der Waals surface area contributed by atoms with Crippen LogP contribution in [-0.2, 0) is 4.79 Å². The summed E-state index contributed by atoms with van der Waals surface area (Å²) < 4.78 is 0. The Labute approximate surface area is 222 Å². The molecule has 0 saturated heterocycles. The van der Waals surface area contributed by atoms with Crippen LogP contribution in [0.2, 0.25) is 0 Å². The van der Waals surface area contributed by atoms with Crippen molar-refractivity contribution in [1.29, 1.82) is 0 Å². The first-order valence-electron chi connectivity index (χ1n) is 13.2. The molecule has 2 heterocycles. The van der Waals surface area contributed by atoms with Crippen molar-refractivity contribution in [1.82, 2.24) is 9.88 Å². The molecule has 4 N–H and O–H groups in total. The van der Waals surface area contributed by atoms with Gasteiger partial charge in [-0.1, -0.05) is 65.0 Å². The van der Waals surface area contributed by atoms with Crippen LogP contribution in [0.5, 0.6) is 0 Å². The number of carbonyl (C=O) groups excluding carboxylic acids is 2. The summed E-state index contributed by atoms with van der Waals surface area (Å²) in [6.45, 7) is 17.7. The maximum absolute atomic E-state index is 12.5. The molecule has 6 nitrogen and oxygen atoms in total. The fraction of sp³-hybridized carbons (Fsp3) is 0.355. The van der Waals surface area contributed by atoms with Crippen LogP contribution in [0.3, 0.4) is 0 Å². The Bertz CT molecular complexity index is 1220. The number of hydrogen-bond acceptors (Lipinski definition) is 4. The summed E-state index contributed by atoms with van der Waals surface area (Å²) in [6, 6.07) is 15.0. The molecule has 1 aliphatic rings. The minimum absolute atomic E-state index is 0.0206. The molecule has 6 heteroatoms. The predicted molar refractivity (Wildman–Crippen MR) is 158 cm³/mol. The number of ketones is 1. The normalized spacial score (nSPS) is 12.9. The van der Waals surface area contributed by atoms with Gasteiger partial charge in [0, 0.05) is 39.5 Å². The van der Waals surface area contributed by atoms with E-state index in [9.17, 15) is 9.59 Å². The highest BCUT2D eigenvalue weighted by atomic mass is 16.2. The second kappa shape index (κ2) is 14.2. The summed E-state index contributed by atoms with van der Waals surface area (Å²) in [5, 5.41) is 2.85. The number of rotatable bonds is 7. The van der Waals surface area contributed by atoms with Gasteiger partial charge < -0.3 is 20.9 Å². The Kier molecular flexibility index (Phi) is 11.3. The summed E-state index contributed by atoms with van der Waals surface area (Å²) in [5.41, 5.74) is 12.4. The SMILES string of the molecule is CC.CC(=O)c1c(C)[nH]c(/C=C2\C(=O)Nc3ccc(N)cc32)c1-c1ccccc1.CCCN(CC)CC. The van der Waals surface area contributed by atoms with Crippen molar-refractivity contribution in [2.24, 2.45) is 0 Å². The number of anilines is 2. The van der Waals surface area contributed by atoms with Crippen LogP contribution in [0.4, 0.5) is 11.4 Å². The molecule has 4 rings (SSSR count). The van der Waals surface area contributed by atoms with Gasteiger partial charge in [-0.2, -0.15) is 0 Å². The molecule has 1 aromatic heterocycles. The number of Topliss-reactive ketones (excluding diaryl/α,β-unsaturated/α-hetero) is 1. The summed E-state index contributed by atoms with van der Waals surface area (Å²) in [5.74, 6) is -0.209. The van der Waals surface area contributed by atoms with Crippen molar-refractivity contribution >= 4 is 34.7 Å². The average Bonchev–Trinajstić information content (AvgIpc) is 3.40. The topological polar surface area (TPSA) is 91.2 Å². The minimum Gasteiger partial charge on any atom is -0.399 e. The number of aromatic nitrogens is 1. The lowest BCUT2D eigenvalue weighted by Gasteiger charge is -2.15. The summed E-state index contributed by atoms with van der Waals surface area (Å²) in [7, 11) is 0. The van der Waals surface area contributed by atoms with Crippen molar-refractivity contribution in [2.45, 2.75) is 54.9 Å². The standard InChI is InChI=1S/C22H19N3O2.C7H17N.C2H6/c1-12-20(13(2)26)21(14-6-4-3-5-7-14)19(24-12)11-17-16-10-15(23)8-9-18(16)25-22(17)27;1-4-7-8(5-2)6-3;1-2/h3-11,24H,23H2,1-2H3,(H,25,27);4-7H2,1-3H3;1-2H3/b17-11-;;. The van der Waals surface area contributed by atoms with Gasteiger partial charge in [0.2, 0.25) is 0 Å². The zero-order valence-electron chi connectivity index (χ0n) is 23.4. The highest BCUT2D eigenvalue weighted by Gasteiger charge is 2.26. The van der Waals surface area contributed by atoms with Crippen LogP contribution < -0.4 is 11.1 Å². The van der Waals surface area contributed by atoms with E-state index in [-0.39, 0.29) is 11.7 Å². The third kappa shape index (κ3) is 7.20. The number of carbonyl (C=O) groups is 2. The minimum atomic E-state index is -0.189. The number of aromatic amines is 1. The van der Waals surface area contributed by atoms with E-state index in [2.05, 4.69) is 36.0 Å². The lowest BCUT2D eigenvalue weighted by Crippen LogP contribution is -2.23. The predicted octanol–water partition coefficient (Wildman–Crippen LogP) is 7.03. The van der Waals surface area contributed by atoms with E-state index in [4.69, 9.17) is 5.73 Å². The van der Waals surface area contributed by atoms with Gasteiger partial charge in [-0.05, 0) is 69.7 Å². The average molecular weight is 503 g/mol. The van der Waals surface area contributed by atoms with Crippen molar-refractivity contribution in [3.8, 4) is 11.1 Å². The number of nitrogen functional groups attached to an aromatic ring is 1. The van der Waals surface area contributed by atoms with Gasteiger partial charge in [-0.3, -0.25) is 9.59 Å². The molecule has 0 unspecified atom stereocenters. The fourth-order valence-corrected chi connectivity index (χ4v) is 4.45. The van der Waals surface area contributed by atoms with E-state index in [1.807, 2.05) is 51.1 Å². The Hall–Kier alpha value is -3.64. The molecule has 37 heavy (non-hydrogen) atoms. The van der Waals surface area contributed by atoms with Gasteiger partial charge in [0.1, 0.15) is 0 Å². The van der Waals surface area contributed by atoms with Crippen LogP contribution in [-0.4, -0.2) is 41.2 Å². The zero-order valence-corrected chi connectivity index (χ0v) is 23.4. The van der Waals surface area contributed by atoms with Crippen LogP contribution in [0.25, 0.3) is 22.8 Å². The molecule has 2 aromatic carbocycles. The van der Waals surface area contributed by atoms with Gasteiger partial charge in [0.25, 0.3) is 5.91 Å². The van der Waals surface area contributed by atoms with Crippen molar-refractivity contribution < 1.29 is 9.59 Å². The van der Waals surface area contributed by atoms with Crippen molar-refractivity contribution in [2.75, 3.05) is 30.7 Å². The quantitative estimate of drug-likeness (QED) is 0.184. The molecule has 1 amide bonds. The molecular weight excluding hydrogens is 460 g/mol.